The highest BCUT2D eigenvalue weighted by atomic mass is 32.3. The number of rotatable bonds is 8. The fourth-order valence-electron chi connectivity index (χ4n) is 13.9. The van der Waals surface area contributed by atoms with Gasteiger partial charge in [-0.2, -0.15) is 3.89 Å². The normalized spacial score (nSPS) is 24.6. The molecule has 0 bridgehead atoms. The molecule has 0 N–H and O–H groups in total. The molecule has 5 unspecified atom stereocenters. The molecule has 1 nitrogen and oxygen atoms in total. The average Bonchev–Trinajstić information content (AvgIpc) is 3.43. The lowest BCUT2D eigenvalue weighted by atomic mass is 9.70. The highest BCUT2D eigenvalue weighted by molar-refractivity contribution is 8.28. The minimum absolute atomic E-state index is 0.0290. The van der Waals surface area contributed by atoms with Gasteiger partial charge in [-0.25, -0.2) is 0 Å². The zero-order valence-electron chi connectivity index (χ0n) is 46.5. The predicted octanol–water partition coefficient (Wildman–Crippen LogP) is 19.1. The van der Waals surface area contributed by atoms with Crippen LogP contribution in [0, 0.1) is 92.4 Å². The molecule has 3 aromatic carbocycles. The molecule has 0 saturated carbocycles. The van der Waals surface area contributed by atoms with E-state index in [-0.39, 0.29) is 16.6 Å². The van der Waals surface area contributed by atoms with Crippen LogP contribution in [0.15, 0.2) is 130 Å². The first-order chi connectivity index (χ1) is 32.8. The fraction of sp³-hybridized carbons (Fsp3) is 0.403. The Labute approximate surface area is 425 Å². The Morgan fingerprint density at radius 2 is 1.16 bits per heavy atom. The Hall–Kier alpha value is -5.12. The van der Waals surface area contributed by atoms with E-state index in [1.807, 2.05) is 6.26 Å². The largest absolute Gasteiger partial charge is 0.280 e. The van der Waals surface area contributed by atoms with Crippen molar-refractivity contribution in [2.75, 3.05) is 6.26 Å². The number of hydrogen-bond donors (Lipinski definition) is 0. The average molecular weight is 952 g/mol. The van der Waals surface area contributed by atoms with E-state index in [4.69, 9.17) is 0 Å². The summed E-state index contributed by atoms with van der Waals surface area (Å²) in [5.41, 5.74) is 32.3. The van der Waals surface area contributed by atoms with Gasteiger partial charge in [0.05, 0.1) is 10.9 Å². The van der Waals surface area contributed by atoms with Crippen LogP contribution in [0.4, 0.5) is 3.89 Å². The van der Waals surface area contributed by atoms with Crippen molar-refractivity contribution >= 4 is 21.7 Å². The quantitative estimate of drug-likeness (QED) is 0.155. The summed E-state index contributed by atoms with van der Waals surface area (Å²) in [4.78, 5) is 0. The molecule has 2 heterocycles. The van der Waals surface area contributed by atoms with Crippen molar-refractivity contribution in [1.29, 1.82) is 0 Å². The zero-order chi connectivity index (χ0) is 51.2. The molecule has 368 valence electrons. The van der Waals surface area contributed by atoms with Gasteiger partial charge in [0.2, 0.25) is 0 Å². The Morgan fingerprint density at radius 1 is 0.643 bits per heavy atom. The Balaban J connectivity index is 1.51. The van der Waals surface area contributed by atoms with Crippen LogP contribution in [0.5, 0.6) is 0 Å². The minimum Gasteiger partial charge on any atom is -0.280 e. The monoisotopic (exact) mass is 952 g/mol. The van der Waals surface area contributed by atoms with Crippen molar-refractivity contribution < 1.29 is 3.89 Å². The topological polar surface area (TPSA) is 4.93 Å². The molecule has 1 aliphatic heterocycles. The maximum Gasteiger partial charge on any atom is 0.0646 e. The second kappa shape index (κ2) is 18.8. The molecule has 0 radical (unpaired) electrons. The third-order valence-electron chi connectivity index (χ3n) is 16.9. The summed E-state index contributed by atoms with van der Waals surface area (Å²) in [5, 5.41) is -0.389. The second-order valence-electron chi connectivity index (χ2n) is 23.1. The number of aryl methyl sites for hydroxylation is 9. The molecular weight excluding hydrogens is 870 g/mol. The van der Waals surface area contributed by atoms with Crippen LogP contribution in [0.1, 0.15) is 147 Å². The van der Waals surface area contributed by atoms with Crippen LogP contribution in [-0.2, 0) is 6.42 Å². The van der Waals surface area contributed by atoms with E-state index in [9.17, 15) is 0 Å². The van der Waals surface area contributed by atoms with Crippen molar-refractivity contribution in [2.45, 2.75) is 150 Å². The second-order valence-corrected chi connectivity index (χ2v) is 25.7. The first-order valence-corrected chi connectivity index (χ1v) is 28.0. The van der Waals surface area contributed by atoms with E-state index in [0.29, 0.717) is 24.7 Å². The van der Waals surface area contributed by atoms with Gasteiger partial charge in [0, 0.05) is 35.4 Å². The molecule has 0 spiro atoms. The fourth-order valence-corrected chi connectivity index (χ4v) is 16.5. The third-order valence-corrected chi connectivity index (χ3v) is 19.4. The molecule has 8 rings (SSSR count). The summed E-state index contributed by atoms with van der Waals surface area (Å²) in [6, 6.07) is 14.0. The highest BCUT2D eigenvalue weighted by Crippen LogP contribution is 2.67. The predicted molar refractivity (Wildman–Crippen MR) is 307 cm³/mol. The first kappa shape index (κ1) is 51.2. The summed E-state index contributed by atoms with van der Waals surface area (Å²) < 4.78 is 22.3. The van der Waals surface area contributed by atoms with Gasteiger partial charge < -0.3 is 0 Å². The molecule has 0 amide bonds. The summed E-state index contributed by atoms with van der Waals surface area (Å²) >= 11 is 0. The third kappa shape index (κ3) is 8.75. The Morgan fingerprint density at radius 3 is 1.69 bits per heavy atom. The molecule has 4 aliphatic rings. The molecule has 3 aliphatic carbocycles. The summed E-state index contributed by atoms with van der Waals surface area (Å²) in [6.45, 7) is 43.3. The van der Waals surface area contributed by atoms with Crippen LogP contribution < -0.4 is 0 Å². The van der Waals surface area contributed by atoms with Gasteiger partial charge in [0.15, 0.2) is 0 Å². The van der Waals surface area contributed by atoms with Crippen molar-refractivity contribution in [3.05, 3.63) is 208 Å². The smallest absolute Gasteiger partial charge is 0.0646 e. The zero-order valence-corrected chi connectivity index (χ0v) is 47.4. The van der Waals surface area contributed by atoms with Gasteiger partial charge in [0.25, 0.3) is 0 Å². The number of halogens is 1. The van der Waals surface area contributed by atoms with Gasteiger partial charge in [-0.1, -0.05) is 146 Å². The van der Waals surface area contributed by atoms with Gasteiger partial charge in [-0.15, -0.1) is 0 Å². The number of aromatic nitrogens is 1. The number of allylic oxidation sites excluding steroid dienone is 16. The summed E-state index contributed by atoms with van der Waals surface area (Å²) in [7, 11) is -3.08. The molecule has 4 aromatic rings. The lowest BCUT2D eigenvalue weighted by Crippen LogP contribution is -2.30. The first-order valence-electron chi connectivity index (χ1n) is 26.0. The Kier molecular flexibility index (Phi) is 13.8. The van der Waals surface area contributed by atoms with Crippen LogP contribution >= 0.6 is 10.6 Å². The molecular formula is C67H82FNS. The molecule has 0 saturated heterocycles. The molecule has 5 atom stereocenters. The minimum atomic E-state index is -3.08. The van der Waals surface area contributed by atoms with Gasteiger partial charge >= 0.3 is 0 Å². The van der Waals surface area contributed by atoms with E-state index in [1.54, 1.807) is 0 Å². The summed E-state index contributed by atoms with van der Waals surface area (Å²) in [5.74, 6) is 1.11. The van der Waals surface area contributed by atoms with Crippen molar-refractivity contribution in [1.82, 2.24) is 3.97 Å². The van der Waals surface area contributed by atoms with Crippen LogP contribution in [0.2, 0.25) is 0 Å². The highest BCUT2D eigenvalue weighted by Gasteiger charge is 2.47. The molecule has 70 heavy (non-hydrogen) atoms. The van der Waals surface area contributed by atoms with Crippen molar-refractivity contribution in [2.24, 2.45) is 23.2 Å². The SMILES string of the molecule is CC1=CC(C)(C)C(/C=C/Cc2c(-c3c(C)cc(C)cc3C)c(C)c3n2S(C)(F)C2CC=C(/C=C/C4=C(C)C=C(C)C(C)C4C)C(c4c(C)cc(C)cc4C)=C(C)C2=C3c2c(C)cc(C)cc2C)C(C)=C1. The Bertz CT molecular complexity index is 3090. The van der Waals surface area contributed by atoms with Crippen LogP contribution in [-0.4, -0.2) is 15.5 Å². The van der Waals surface area contributed by atoms with E-state index >= 15 is 3.89 Å². The lowest BCUT2D eigenvalue weighted by molar-refractivity contribution is 0.377. The number of nitrogens with zero attached hydrogens (tertiary/aromatic N) is 1. The summed E-state index contributed by atoms with van der Waals surface area (Å²) in [6.07, 6.45) is 22.3. The number of fused-ring (bicyclic) bond motifs is 2. The maximum absolute atomic E-state index is 20.0. The number of benzene rings is 3. The molecule has 1 aromatic heterocycles. The van der Waals surface area contributed by atoms with E-state index in [1.165, 1.54) is 134 Å². The van der Waals surface area contributed by atoms with Gasteiger partial charge in [0.1, 0.15) is 0 Å². The van der Waals surface area contributed by atoms with Crippen LogP contribution in [0.3, 0.4) is 0 Å². The van der Waals surface area contributed by atoms with Gasteiger partial charge in [-0.3, -0.25) is 3.97 Å². The lowest BCUT2D eigenvalue weighted by Gasteiger charge is -2.45. The van der Waals surface area contributed by atoms with Crippen molar-refractivity contribution in [3.8, 4) is 11.1 Å². The van der Waals surface area contributed by atoms with E-state index in [2.05, 4.69) is 221 Å². The number of hydrogen-bond acceptors (Lipinski definition) is 0. The van der Waals surface area contributed by atoms with Crippen LogP contribution in [0.25, 0.3) is 22.3 Å². The van der Waals surface area contributed by atoms with E-state index < -0.39 is 10.6 Å². The standard InChI is InChI=1S/C67H82FNS/c1-37-28-44(8)59(45(9)29-37)62-52(16)64-58(27-25-54(62)24-26-55-42(6)35-41(5)50(14)51(55)15)70(20,68)69-57(23-21-22-56-43(7)34-40(4)36-67(56,18)19)63(60-46(10)30-38(2)31-47(60)11)53(17)66(69)65(64)61-48(12)32-39(3)33-49(61)13/h21-22,24-26,28-36,50-51,56,58H,23,27H2,1-20H3/b22-21+,26-24+. The molecule has 0 fully saturated rings. The van der Waals surface area contributed by atoms with E-state index in [0.717, 1.165) is 11.4 Å². The molecule has 3 heteroatoms. The van der Waals surface area contributed by atoms with Crippen molar-refractivity contribution in [3.63, 3.8) is 0 Å². The van der Waals surface area contributed by atoms with Gasteiger partial charge in [-0.05, 0) is 227 Å². The maximum atomic E-state index is 20.0.